The van der Waals surface area contributed by atoms with Gasteiger partial charge in [0.15, 0.2) is 0 Å². The molecule has 0 spiro atoms. The van der Waals surface area contributed by atoms with Crippen LogP contribution < -0.4 is 0 Å². The van der Waals surface area contributed by atoms with Gasteiger partial charge in [0.05, 0.1) is 11.4 Å². The summed E-state index contributed by atoms with van der Waals surface area (Å²) in [5.74, 6) is 1.72. The Morgan fingerprint density at radius 2 is 1.68 bits per heavy atom. The van der Waals surface area contributed by atoms with Crippen LogP contribution in [0.25, 0.3) is 22.6 Å². The molecule has 0 aliphatic carbocycles. The molecule has 140 valence electrons. The Kier molecular flexibility index (Phi) is 5.54. The Morgan fingerprint density at radius 1 is 0.893 bits per heavy atom. The number of hydrogen-bond acceptors (Lipinski definition) is 6. The van der Waals surface area contributed by atoms with Crippen molar-refractivity contribution in [2.75, 3.05) is 0 Å². The topological polar surface area (TPSA) is 64.7 Å². The van der Waals surface area contributed by atoms with Crippen molar-refractivity contribution < 1.29 is 4.52 Å². The number of rotatable bonds is 5. The number of aryl methyl sites for hydroxylation is 2. The third kappa shape index (κ3) is 4.31. The first kappa shape index (κ1) is 18.8. The van der Waals surface area contributed by atoms with Gasteiger partial charge in [0.25, 0.3) is 0 Å². The van der Waals surface area contributed by atoms with Crippen molar-refractivity contribution in [3.63, 3.8) is 0 Å². The fourth-order valence-corrected chi connectivity index (χ4v) is 3.53. The molecule has 4 aromatic rings. The van der Waals surface area contributed by atoms with Crippen molar-refractivity contribution in [2.24, 2.45) is 0 Å². The van der Waals surface area contributed by atoms with Crippen LogP contribution in [0.2, 0.25) is 0 Å². The zero-order chi connectivity index (χ0) is 19.5. The van der Waals surface area contributed by atoms with Crippen molar-refractivity contribution in [1.29, 1.82) is 0 Å². The summed E-state index contributed by atoms with van der Waals surface area (Å²) in [5, 5.41) is 13.5. The van der Waals surface area contributed by atoms with Gasteiger partial charge in [-0.05, 0) is 55.3 Å². The third-order valence-corrected chi connectivity index (χ3v) is 5.79. The minimum absolute atomic E-state index is 0.546. The van der Waals surface area contributed by atoms with E-state index in [9.17, 15) is 0 Å². The molecule has 4 rings (SSSR count). The Bertz CT molecular complexity index is 1090. The summed E-state index contributed by atoms with van der Waals surface area (Å²) < 4.78 is 6.42. The van der Waals surface area contributed by atoms with Crippen LogP contribution in [0, 0.1) is 13.8 Å². The lowest BCUT2D eigenvalue weighted by Gasteiger charge is -2.02. The fourth-order valence-electron chi connectivity index (χ4n) is 2.62. The van der Waals surface area contributed by atoms with Crippen molar-refractivity contribution in [1.82, 2.24) is 20.3 Å². The second kappa shape index (κ2) is 8.24. The molecule has 0 aliphatic rings. The summed E-state index contributed by atoms with van der Waals surface area (Å²) >= 11 is 4.95. The molecule has 0 unspecified atom stereocenters. The number of aromatic nitrogens is 4. The van der Waals surface area contributed by atoms with Crippen molar-refractivity contribution in [3.05, 3.63) is 76.1 Å². The minimum Gasteiger partial charge on any atom is -0.338 e. The summed E-state index contributed by atoms with van der Waals surface area (Å²) in [6, 6.07) is 18.1. The average Bonchev–Trinajstić information content (AvgIpc) is 3.19. The van der Waals surface area contributed by atoms with E-state index in [0.717, 1.165) is 26.3 Å². The highest BCUT2D eigenvalue weighted by Crippen LogP contribution is 2.25. The van der Waals surface area contributed by atoms with Gasteiger partial charge in [-0.2, -0.15) is 4.98 Å². The maximum atomic E-state index is 5.38. The van der Waals surface area contributed by atoms with Crippen LogP contribution in [0.1, 0.15) is 17.0 Å². The smallest absolute Gasteiger partial charge is 0.237 e. The molecule has 5 nitrogen and oxygen atoms in total. The van der Waals surface area contributed by atoms with Crippen LogP contribution in [0.3, 0.4) is 0 Å². The molecule has 0 fully saturated rings. The van der Waals surface area contributed by atoms with Crippen molar-refractivity contribution >= 4 is 27.7 Å². The molecule has 0 amide bonds. The van der Waals surface area contributed by atoms with Gasteiger partial charge in [0, 0.05) is 15.6 Å². The predicted molar refractivity (Wildman–Crippen MR) is 114 cm³/mol. The first-order valence-corrected chi connectivity index (χ1v) is 10.5. The molecule has 0 aliphatic heterocycles. The summed E-state index contributed by atoms with van der Waals surface area (Å²) in [6.07, 6.45) is 0. The number of halogens is 1. The second-order valence-electron chi connectivity index (χ2n) is 6.36. The quantitative estimate of drug-likeness (QED) is 0.353. The maximum absolute atomic E-state index is 5.38. The van der Waals surface area contributed by atoms with Crippen molar-refractivity contribution in [3.8, 4) is 22.6 Å². The van der Waals surface area contributed by atoms with E-state index in [1.54, 1.807) is 0 Å². The summed E-state index contributed by atoms with van der Waals surface area (Å²) in [7, 11) is 0. The second-order valence-corrected chi connectivity index (χ2v) is 8.27. The highest BCUT2D eigenvalue weighted by molar-refractivity contribution is 9.10. The molecule has 28 heavy (non-hydrogen) atoms. The van der Waals surface area contributed by atoms with Gasteiger partial charge in [-0.25, -0.2) is 0 Å². The van der Waals surface area contributed by atoms with Crippen LogP contribution in [0.4, 0.5) is 0 Å². The van der Waals surface area contributed by atoms with E-state index < -0.39 is 0 Å². The van der Waals surface area contributed by atoms with Crippen LogP contribution in [0.15, 0.2) is 68.6 Å². The van der Waals surface area contributed by atoms with Gasteiger partial charge in [0.1, 0.15) is 5.03 Å². The molecule has 0 N–H and O–H groups in total. The third-order valence-electron chi connectivity index (χ3n) is 4.36. The van der Waals surface area contributed by atoms with Gasteiger partial charge in [-0.15, -0.1) is 10.2 Å². The molecule has 0 atom stereocenters. The molecule has 0 radical (unpaired) electrons. The number of thioether (sulfide) groups is 1. The first-order chi connectivity index (χ1) is 13.6. The number of benzene rings is 2. The van der Waals surface area contributed by atoms with E-state index in [1.807, 2.05) is 42.5 Å². The van der Waals surface area contributed by atoms with E-state index in [2.05, 4.69) is 62.2 Å². The summed E-state index contributed by atoms with van der Waals surface area (Å²) in [6.45, 7) is 4.16. The molecule has 0 bridgehead atoms. The van der Waals surface area contributed by atoms with Gasteiger partial charge >= 0.3 is 0 Å². The van der Waals surface area contributed by atoms with Crippen LogP contribution >= 0.6 is 27.7 Å². The number of hydrogen-bond donors (Lipinski definition) is 0. The minimum atomic E-state index is 0.546. The monoisotopic (exact) mass is 452 g/mol. The highest BCUT2D eigenvalue weighted by atomic mass is 79.9. The summed E-state index contributed by atoms with van der Waals surface area (Å²) in [5.41, 5.74) is 5.28. The normalized spacial score (nSPS) is 11.0. The van der Waals surface area contributed by atoms with E-state index in [4.69, 9.17) is 4.52 Å². The molecular formula is C21H17BrN4OS. The summed E-state index contributed by atoms with van der Waals surface area (Å²) in [4.78, 5) is 4.49. The standard InChI is InChI=1S/C21H17BrN4OS/c1-13-3-4-16(11-14(13)2)21-23-19(27-26-21)12-28-20-10-9-18(24-25-20)15-5-7-17(22)8-6-15/h3-11H,12H2,1-2H3. The van der Waals surface area contributed by atoms with E-state index in [1.165, 1.54) is 22.9 Å². The average molecular weight is 453 g/mol. The van der Waals surface area contributed by atoms with Gasteiger partial charge in [-0.1, -0.05) is 57.1 Å². The molecular weight excluding hydrogens is 436 g/mol. The SMILES string of the molecule is Cc1ccc(-c2noc(CSc3ccc(-c4ccc(Br)cc4)nn3)n2)cc1C. The maximum Gasteiger partial charge on any atom is 0.237 e. The fraction of sp³-hybridized carbons (Fsp3) is 0.143. The Labute approximate surface area is 175 Å². The molecule has 2 heterocycles. The largest absolute Gasteiger partial charge is 0.338 e. The van der Waals surface area contributed by atoms with E-state index in [-0.39, 0.29) is 0 Å². The van der Waals surface area contributed by atoms with Crippen molar-refractivity contribution in [2.45, 2.75) is 24.6 Å². The van der Waals surface area contributed by atoms with E-state index >= 15 is 0 Å². The Morgan fingerprint density at radius 3 is 2.39 bits per heavy atom. The van der Waals surface area contributed by atoms with Crippen LogP contribution in [-0.4, -0.2) is 20.3 Å². The number of nitrogens with zero attached hydrogens (tertiary/aromatic N) is 4. The molecule has 0 saturated heterocycles. The lowest BCUT2D eigenvalue weighted by molar-refractivity contribution is 0.391. The first-order valence-electron chi connectivity index (χ1n) is 8.71. The van der Waals surface area contributed by atoms with Gasteiger partial charge in [-0.3, -0.25) is 0 Å². The highest BCUT2D eigenvalue weighted by Gasteiger charge is 2.11. The van der Waals surface area contributed by atoms with Crippen LogP contribution in [0.5, 0.6) is 0 Å². The zero-order valence-electron chi connectivity index (χ0n) is 15.4. The van der Waals surface area contributed by atoms with Gasteiger partial charge in [0.2, 0.25) is 11.7 Å². The Balaban J connectivity index is 1.41. The lowest BCUT2D eigenvalue weighted by atomic mass is 10.1. The van der Waals surface area contributed by atoms with Gasteiger partial charge < -0.3 is 4.52 Å². The molecule has 0 saturated carbocycles. The molecule has 7 heteroatoms. The molecule has 2 aromatic carbocycles. The zero-order valence-corrected chi connectivity index (χ0v) is 17.8. The predicted octanol–water partition coefficient (Wildman–Crippen LogP) is 5.87. The van der Waals surface area contributed by atoms with E-state index in [0.29, 0.717) is 17.5 Å². The Hall–Kier alpha value is -2.51. The lowest BCUT2D eigenvalue weighted by Crippen LogP contribution is -1.90. The molecule has 2 aromatic heterocycles. The van der Waals surface area contributed by atoms with Crippen LogP contribution in [-0.2, 0) is 5.75 Å².